The second kappa shape index (κ2) is 10.8. The fraction of sp³-hybridized carbons (Fsp3) is 0.370. The number of nitrogens with one attached hydrogen (secondary N) is 2. The van der Waals surface area contributed by atoms with E-state index < -0.39 is 11.6 Å². The number of rotatable bonds is 7. The zero-order valence-corrected chi connectivity index (χ0v) is 21.7. The number of carbonyl (C=O) groups is 4. The average Bonchev–Trinajstić information content (AvgIpc) is 3.39. The van der Waals surface area contributed by atoms with Crippen LogP contribution in [-0.4, -0.2) is 66.5 Å². The van der Waals surface area contributed by atoms with Crippen molar-refractivity contribution in [2.45, 2.75) is 44.8 Å². The van der Waals surface area contributed by atoms with E-state index in [9.17, 15) is 19.2 Å². The number of aromatic nitrogens is 1. The van der Waals surface area contributed by atoms with Crippen LogP contribution in [0, 0.1) is 11.8 Å². The summed E-state index contributed by atoms with van der Waals surface area (Å²) >= 11 is 0. The number of benzene rings is 1. The van der Waals surface area contributed by atoms with Crippen LogP contribution in [0.15, 0.2) is 30.3 Å². The maximum atomic E-state index is 13.1. The molecule has 2 aromatic rings. The molecule has 11 heteroatoms. The topological polar surface area (TPSA) is 130 Å². The lowest BCUT2D eigenvalue weighted by atomic mass is 10.0. The number of methoxy groups -OCH3 is 2. The summed E-state index contributed by atoms with van der Waals surface area (Å²) in [6.07, 6.45) is 1.44. The van der Waals surface area contributed by atoms with Gasteiger partial charge in [0.2, 0.25) is 12.3 Å². The van der Waals surface area contributed by atoms with Crippen LogP contribution in [0.5, 0.6) is 11.5 Å². The van der Waals surface area contributed by atoms with E-state index in [2.05, 4.69) is 22.1 Å². The Morgan fingerprint density at radius 2 is 2.03 bits per heavy atom. The molecule has 2 N–H and O–H groups in total. The Kier molecular flexibility index (Phi) is 7.52. The van der Waals surface area contributed by atoms with Crippen LogP contribution in [0.25, 0.3) is 0 Å². The molecule has 1 unspecified atom stereocenters. The summed E-state index contributed by atoms with van der Waals surface area (Å²) in [5, 5.41) is 4.72. The molecular formula is C27H29N5O6. The first kappa shape index (κ1) is 26.5. The molecule has 1 fully saturated rings. The van der Waals surface area contributed by atoms with Gasteiger partial charge in [0, 0.05) is 24.6 Å². The number of pyridine rings is 1. The number of anilines is 1. The average molecular weight is 520 g/mol. The highest BCUT2D eigenvalue weighted by molar-refractivity contribution is 5.99. The monoisotopic (exact) mass is 519 g/mol. The number of amides is 5. The third-order valence-electron chi connectivity index (χ3n) is 6.53. The lowest BCUT2D eigenvalue weighted by Crippen LogP contribution is -2.55. The molecule has 2 aliphatic heterocycles. The van der Waals surface area contributed by atoms with Crippen molar-refractivity contribution in [3.8, 4) is 23.3 Å². The zero-order valence-electron chi connectivity index (χ0n) is 21.7. The Bertz CT molecular complexity index is 1350. The normalized spacial score (nSPS) is 17.7. The third kappa shape index (κ3) is 5.39. The Morgan fingerprint density at radius 1 is 1.24 bits per heavy atom. The van der Waals surface area contributed by atoms with Crippen LogP contribution < -0.4 is 25.0 Å². The molecule has 0 saturated carbocycles. The van der Waals surface area contributed by atoms with Gasteiger partial charge in [-0.25, -0.2) is 9.78 Å². The van der Waals surface area contributed by atoms with Gasteiger partial charge in [0.05, 0.1) is 20.8 Å². The summed E-state index contributed by atoms with van der Waals surface area (Å²) in [6.45, 7) is 3.93. The smallest absolute Gasteiger partial charge is 0.322 e. The SMILES string of the molecule is COc1ccc2c(c1)C(=O)N(C[C@@](C)(C#Cc1nc(N3C(=O)CCC3C)ccc1OC)NC(=O)NC=O)C2. The van der Waals surface area contributed by atoms with Gasteiger partial charge in [0.15, 0.2) is 11.4 Å². The number of carbonyl (C=O) groups excluding carboxylic acids is 4. The second-order valence-corrected chi connectivity index (χ2v) is 9.35. The van der Waals surface area contributed by atoms with Gasteiger partial charge >= 0.3 is 6.03 Å². The van der Waals surface area contributed by atoms with Crippen molar-refractivity contribution in [1.82, 2.24) is 20.5 Å². The Morgan fingerprint density at radius 3 is 2.68 bits per heavy atom. The fourth-order valence-corrected chi connectivity index (χ4v) is 4.63. The molecule has 0 aliphatic carbocycles. The summed E-state index contributed by atoms with van der Waals surface area (Å²) in [6, 6.07) is 7.89. The highest BCUT2D eigenvalue weighted by atomic mass is 16.5. The van der Waals surface area contributed by atoms with Gasteiger partial charge in [-0.05, 0) is 56.0 Å². The van der Waals surface area contributed by atoms with Crippen molar-refractivity contribution < 1.29 is 28.7 Å². The maximum absolute atomic E-state index is 13.1. The van der Waals surface area contributed by atoms with E-state index in [-0.39, 0.29) is 36.5 Å². The molecule has 0 radical (unpaired) electrons. The lowest BCUT2D eigenvalue weighted by Gasteiger charge is -2.30. The molecule has 4 rings (SSSR count). The molecule has 2 aliphatic rings. The van der Waals surface area contributed by atoms with Crippen molar-refractivity contribution in [3.63, 3.8) is 0 Å². The summed E-state index contributed by atoms with van der Waals surface area (Å²) in [7, 11) is 3.01. The molecule has 0 spiro atoms. The molecule has 2 atom stereocenters. The van der Waals surface area contributed by atoms with E-state index >= 15 is 0 Å². The Balaban J connectivity index is 1.66. The zero-order chi connectivity index (χ0) is 27.4. The predicted octanol–water partition coefficient (Wildman–Crippen LogP) is 1.84. The minimum absolute atomic E-state index is 0.00427. The first-order valence-electron chi connectivity index (χ1n) is 12.1. The third-order valence-corrected chi connectivity index (χ3v) is 6.53. The summed E-state index contributed by atoms with van der Waals surface area (Å²) < 4.78 is 10.7. The van der Waals surface area contributed by atoms with Crippen LogP contribution in [0.1, 0.15) is 48.3 Å². The Labute approximate surface area is 220 Å². The van der Waals surface area contributed by atoms with E-state index in [1.54, 1.807) is 41.0 Å². The summed E-state index contributed by atoms with van der Waals surface area (Å²) in [5.74, 6) is 7.13. The van der Waals surface area contributed by atoms with Crippen LogP contribution in [0.2, 0.25) is 0 Å². The molecule has 1 aromatic heterocycles. The van der Waals surface area contributed by atoms with E-state index in [0.29, 0.717) is 35.8 Å². The molecule has 1 aromatic carbocycles. The van der Waals surface area contributed by atoms with E-state index in [4.69, 9.17) is 9.47 Å². The molecule has 0 bridgehead atoms. The van der Waals surface area contributed by atoms with Crippen LogP contribution in [0.3, 0.4) is 0 Å². The highest BCUT2D eigenvalue weighted by Crippen LogP contribution is 2.29. The van der Waals surface area contributed by atoms with Crippen molar-refractivity contribution in [2.24, 2.45) is 0 Å². The highest BCUT2D eigenvalue weighted by Gasteiger charge is 2.35. The van der Waals surface area contributed by atoms with Gasteiger partial charge in [-0.3, -0.25) is 24.6 Å². The van der Waals surface area contributed by atoms with Crippen molar-refractivity contribution in [3.05, 3.63) is 47.2 Å². The minimum Gasteiger partial charge on any atom is -0.497 e. The number of hydrogen-bond donors (Lipinski definition) is 2. The van der Waals surface area contributed by atoms with Crippen molar-refractivity contribution in [1.29, 1.82) is 0 Å². The number of urea groups is 1. The minimum atomic E-state index is -1.28. The first-order chi connectivity index (χ1) is 18.2. The molecule has 1 saturated heterocycles. The summed E-state index contributed by atoms with van der Waals surface area (Å²) in [4.78, 5) is 56.5. The van der Waals surface area contributed by atoms with Crippen LogP contribution in [-0.2, 0) is 16.1 Å². The lowest BCUT2D eigenvalue weighted by molar-refractivity contribution is -0.117. The summed E-state index contributed by atoms with van der Waals surface area (Å²) in [5.41, 5.74) is 0.316. The van der Waals surface area contributed by atoms with Gasteiger partial charge in [-0.15, -0.1) is 0 Å². The van der Waals surface area contributed by atoms with Gasteiger partial charge < -0.3 is 19.7 Å². The first-order valence-corrected chi connectivity index (χ1v) is 12.1. The van der Waals surface area contributed by atoms with Gasteiger partial charge in [0.25, 0.3) is 5.91 Å². The molecule has 5 amide bonds. The number of nitrogens with zero attached hydrogens (tertiary/aromatic N) is 3. The van der Waals surface area contributed by atoms with Gasteiger partial charge in [0.1, 0.15) is 17.1 Å². The Hall–Kier alpha value is -4.59. The second-order valence-electron chi connectivity index (χ2n) is 9.35. The molecular weight excluding hydrogens is 490 g/mol. The number of hydrogen-bond acceptors (Lipinski definition) is 7. The van der Waals surface area contributed by atoms with Crippen molar-refractivity contribution in [2.75, 3.05) is 25.7 Å². The van der Waals surface area contributed by atoms with Crippen molar-refractivity contribution >= 4 is 30.1 Å². The van der Waals surface area contributed by atoms with Crippen LogP contribution in [0.4, 0.5) is 10.6 Å². The largest absolute Gasteiger partial charge is 0.497 e. The van der Waals surface area contributed by atoms with Crippen LogP contribution >= 0.6 is 0 Å². The fourth-order valence-electron chi connectivity index (χ4n) is 4.63. The quantitative estimate of drug-likeness (QED) is 0.422. The predicted molar refractivity (Wildman–Crippen MR) is 138 cm³/mol. The molecule has 11 nitrogen and oxygen atoms in total. The number of fused-ring (bicyclic) bond motifs is 1. The van der Waals surface area contributed by atoms with E-state index in [0.717, 1.165) is 12.0 Å². The molecule has 38 heavy (non-hydrogen) atoms. The standard InChI is InChI=1S/C27H29N5O6/c1-17-5-10-24(34)32(17)23-9-8-22(38-4)21(29-23)11-12-27(2,30-26(36)28-16-33)15-31-14-18-6-7-19(37-3)13-20(18)25(31)35/h6-9,13,16-17H,5,10,14-15H2,1-4H3,(H2,28,30,33,36)/t17?,27-/m1/s1. The number of imide groups is 1. The number of ether oxygens (including phenoxy) is 2. The van der Waals surface area contributed by atoms with Gasteiger partial charge in [-0.1, -0.05) is 12.0 Å². The van der Waals surface area contributed by atoms with E-state index in [1.807, 2.05) is 18.3 Å². The maximum Gasteiger partial charge on any atom is 0.322 e. The van der Waals surface area contributed by atoms with E-state index in [1.165, 1.54) is 14.2 Å². The molecule has 198 valence electrons. The molecule has 3 heterocycles. The van der Waals surface area contributed by atoms with Gasteiger partial charge in [-0.2, -0.15) is 0 Å².